The standard InChI is InChI=1S/C23H19F2N3O2.C22H19F2N3O3S.C20H14ClF2N3O3.C13H9F2N3O3S.C13H9F2N3OS.C10H13NO/c1-23(11-30-12-23)14-7-5-13(6-8-14)9-17-20-18(10-26-22(20)29)28-21(27-17)19-15(24)3-2-4-16(19)25;1-29-13-8-7-12(17(9-13)30-2)10-27-11-16-19(22(27)28)21(31-3)26-20(25-16)18-14(23)5-4-6-15(18)24;1-29-11-6-5-10(15(27)7-11)8-26-9-14-17(20(26)28)18(21)25-19(24-14)16-12(22)3-2-4-13(16)23;1-22(20,21)13-10-8(5-16-12(10)19)17-11(18-13)9-6(14)3-2-4-7(9)15;1-20-13-10-8(5-16-12(10)19)17-11(18-13)9-6(14)3-2-4-7(9)15;1-10(6-12-7-10)8-2-4-9(11)5-3-8/h2-8H,9-12H2,1H3,(H,26,29);4-9H,10-11H2,1-3H3;2-7,27H,8-9H2,1H3;2-4H,5H2,1H3,(H,16,19);2-4H,5H2,1H3,(H,16,19);2-5H,6-7,11H2,1H3. The molecule has 29 nitrogen and oxygen atoms in total. The van der Waals surface area contributed by atoms with E-state index in [1.165, 1.54) is 95.2 Å². The monoisotopic (exact) mass is 2050 g/mol. The summed E-state index contributed by atoms with van der Waals surface area (Å²) in [5.74, 6) is -8.88. The summed E-state index contributed by atoms with van der Waals surface area (Å²) in [5.41, 5.74) is 12.9. The number of nitrogens with zero attached hydrogens (tertiary/aromatic N) is 12. The lowest BCUT2D eigenvalue weighted by Gasteiger charge is -2.38. The van der Waals surface area contributed by atoms with Gasteiger partial charge in [-0.15, -0.1) is 23.5 Å². The second-order valence-electron chi connectivity index (χ2n) is 33.8. The number of aromatic nitrogens is 10. The number of amides is 5. The number of ether oxygens (including phenoxy) is 5. The molecule has 7 aliphatic heterocycles. The van der Waals surface area contributed by atoms with Gasteiger partial charge in [0.15, 0.2) is 44.0 Å². The van der Waals surface area contributed by atoms with Crippen LogP contribution in [-0.4, -0.2) is 169 Å². The third-order valence-corrected chi connectivity index (χ3v) is 26.6. The molecule has 0 aliphatic carbocycles. The number of hydrogen-bond acceptors (Lipinski definition) is 26. The minimum absolute atomic E-state index is 0.0255. The summed E-state index contributed by atoms with van der Waals surface area (Å²) in [5, 5.41) is 18.0. The molecule has 21 rings (SSSR count). The van der Waals surface area contributed by atoms with Crippen LogP contribution in [0, 0.1) is 58.2 Å². The number of methoxy groups -OCH3 is 3. The molecule has 6 N–H and O–H groups in total. The Morgan fingerprint density at radius 2 is 0.778 bits per heavy atom. The van der Waals surface area contributed by atoms with Crippen LogP contribution in [0.3, 0.4) is 0 Å². The zero-order valence-electron chi connectivity index (χ0n) is 77.4. The van der Waals surface area contributed by atoms with E-state index in [1.807, 2.05) is 30.3 Å². The van der Waals surface area contributed by atoms with Crippen molar-refractivity contribution >= 4 is 80.2 Å². The fourth-order valence-electron chi connectivity index (χ4n) is 16.3. The molecule has 0 atom stereocenters. The molecule has 7 aliphatic rings. The van der Waals surface area contributed by atoms with Crippen LogP contribution in [0.4, 0.5) is 49.6 Å². The first-order valence-corrected chi connectivity index (χ1v) is 48.4. The van der Waals surface area contributed by atoms with Crippen LogP contribution in [-0.2, 0) is 82.4 Å². The van der Waals surface area contributed by atoms with E-state index in [-0.39, 0.29) is 148 Å². The number of phenols is 1. The molecule has 2 saturated heterocycles. The van der Waals surface area contributed by atoms with Crippen molar-refractivity contribution < 1.29 is 105 Å². The third-order valence-electron chi connectivity index (χ3n) is 24.0. The Morgan fingerprint density at radius 1 is 0.424 bits per heavy atom. The minimum Gasteiger partial charge on any atom is -0.507 e. The van der Waals surface area contributed by atoms with Gasteiger partial charge < -0.3 is 60.3 Å². The number of carbonyl (C=O) groups is 5. The van der Waals surface area contributed by atoms with Gasteiger partial charge in [0.25, 0.3) is 29.5 Å². The average Bonchev–Trinajstić information content (AvgIpc) is 1.60. The number of sulfone groups is 1. The summed E-state index contributed by atoms with van der Waals surface area (Å²) in [6, 6.07) is 43.6. The van der Waals surface area contributed by atoms with Crippen LogP contribution in [0.2, 0.25) is 5.15 Å². The number of thioether (sulfide) groups is 2. The van der Waals surface area contributed by atoms with E-state index in [2.05, 4.69) is 104 Å². The maximum absolute atomic E-state index is 14.3. The number of aromatic hydroxyl groups is 1. The fourth-order valence-corrected chi connectivity index (χ4v) is 18.6. The number of carbonyl (C=O) groups excluding carboxylic acids is 5. The van der Waals surface area contributed by atoms with Crippen molar-refractivity contribution in [2.75, 3.05) is 72.3 Å². The summed E-state index contributed by atoms with van der Waals surface area (Å²) >= 11 is 8.63. The van der Waals surface area contributed by atoms with Gasteiger partial charge in [0.1, 0.15) is 108 Å². The topological polar surface area (TPSA) is 383 Å². The summed E-state index contributed by atoms with van der Waals surface area (Å²) < 4.78 is 190. The molecule has 0 radical (unpaired) electrons. The zero-order chi connectivity index (χ0) is 103. The van der Waals surface area contributed by atoms with E-state index >= 15 is 0 Å². The molecule has 144 heavy (non-hydrogen) atoms. The highest BCUT2D eigenvalue weighted by Gasteiger charge is 2.41. The van der Waals surface area contributed by atoms with Gasteiger partial charge in [0, 0.05) is 52.5 Å². The van der Waals surface area contributed by atoms with Crippen LogP contribution in [0.25, 0.3) is 56.9 Å². The smallest absolute Gasteiger partial charge is 0.259 e. The Morgan fingerprint density at radius 3 is 1.19 bits per heavy atom. The summed E-state index contributed by atoms with van der Waals surface area (Å²) in [6.07, 6.45) is 4.72. The summed E-state index contributed by atoms with van der Waals surface area (Å²) in [4.78, 5) is 106. The number of fused-ring (bicyclic) bond motifs is 5. The molecule has 5 aromatic heterocycles. The molecule has 0 unspecified atom stereocenters. The highest BCUT2D eigenvalue weighted by atomic mass is 35.5. The third kappa shape index (κ3) is 21.2. The predicted octanol–water partition coefficient (Wildman–Crippen LogP) is 16.8. The van der Waals surface area contributed by atoms with Crippen molar-refractivity contribution in [2.24, 2.45) is 0 Å². The summed E-state index contributed by atoms with van der Waals surface area (Å²) in [7, 11) is 0.714. The molecule has 14 aromatic rings. The Balaban J connectivity index is 0.000000126. The second-order valence-corrected chi connectivity index (χ2v) is 37.7. The van der Waals surface area contributed by atoms with Gasteiger partial charge in [-0.25, -0.2) is 102 Å². The van der Waals surface area contributed by atoms with E-state index in [4.69, 9.17) is 41.0 Å². The fraction of sp³-hybridized carbons (Fsp3) is 0.218. The maximum Gasteiger partial charge on any atom is 0.259 e. The van der Waals surface area contributed by atoms with Crippen LogP contribution in [0.15, 0.2) is 191 Å². The van der Waals surface area contributed by atoms with Gasteiger partial charge >= 0.3 is 0 Å². The van der Waals surface area contributed by atoms with E-state index in [1.54, 1.807) is 55.9 Å². The van der Waals surface area contributed by atoms with Crippen molar-refractivity contribution in [3.05, 3.63) is 329 Å². The number of phenolic OH excluding ortho intramolecular Hbond substituents is 1. The number of hydrogen-bond donors (Lipinski definition) is 5. The Kier molecular flexibility index (Phi) is 30.1. The molecule has 12 heterocycles. The van der Waals surface area contributed by atoms with Crippen molar-refractivity contribution in [3.8, 4) is 79.9 Å². The molecule has 2 fully saturated rings. The lowest BCUT2D eigenvalue weighted by atomic mass is 9.80. The maximum atomic E-state index is 14.3. The van der Waals surface area contributed by atoms with Gasteiger partial charge in [-0.3, -0.25) is 24.0 Å². The molecule has 0 spiro atoms. The largest absolute Gasteiger partial charge is 0.507 e. The van der Waals surface area contributed by atoms with Crippen molar-refractivity contribution in [1.82, 2.24) is 75.6 Å². The number of nitrogen functional groups attached to an aromatic ring is 1. The molecule has 5 amide bonds. The lowest BCUT2D eigenvalue weighted by Crippen LogP contribution is -2.43. The molecule has 0 saturated carbocycles. The van der Waals surface area contributed by atoms with Crippen molar-refractivity contribution in [3.63, 3.8) is 0 Å². The van der Waals surface area contributed by atoms with Gasteiger partial charge in [-0.1, -0.05) is 92.2 Å². The number of nitrogens with one attached hydrogen (secondary N) is 3. The van der Waals surface area contributed by atoms with E-state index in [0.29, 0.717) is 92.0 Å². The normalized spacial score (nSPS) is 14.5. The quantitative estimate of drug-likeness (QED) is 0.0217. The first-order chi connectivity index (χ1) is 68.9. The first kappa shape index (κ1) is 102. The molecule has 43 heteroatoms. The second kappa shape index (κ2) is 42.6. The van der Waals surface area contributed by atoms with Crippen LogP contribution < -0.4 is 35.9 Å². The van der Waals surface area contributed by atoms with Crippen LogP contribution in [0.5, 0.6) is 23.0 Å². The number of nitrogens with two attached hydrogens (primary N) is 1. The average molecular weight is 2050 g/mol. The molecule has 740 valence electrons. The highest BCUT2D eigenvalue weighted by Crippen LogP contribution is 2.42. The van der Waals surface area contributed by atoms with E-state index in [9.17, 15) is 81.4 Å². The lowest BCUT2D eigenvalue weighted by molar-refractivity contribution is -0.0500. The number of anilines is 1. The minimum atomic E-state index is -3.87. The first-order valence-electron chi connectivity index (χ1n) is 43.7. The van der Waals surface area contributed by atoms with E-state index in [0.717, 1.165) is 84.8 Å². The number of benzene rings is 9. The molecule has 9 aromatic carbocycles. The Bertz CT molecular complexity index is 7500. The summed E-state index contributed by atoms with van der Waals surface area (Å²) in [6.45, 7) is 8.47. The van der Waals surface area contributed by atoms with Gasteiger partial charge in [-0.2, -0.15) is 0 Å². The predicted molar refractivity (Wildman–Crippen MR) is 510 cm³/mol. The van der Waals surface area contributed by atoms with Crippen LogP contribution >= 0.6 is 35.1 Å². The number of halogens is 11. The van der Waals surface area contributed by atoms with Gasteiger partial charge in [0.05, 0.1) is 172 Å². The molecular formula is C101H83ClF10N16O13S3. The van der Waals surface area contributed by atoms with E-state index < -0.39 is 102 Å². The Hall–Kier alpha value is -15.1. The van der Waals surface area contributed by atoms with Gasteiger partial charge in [0.2, 0.25) is 0 Å². The van der Waals surface area contributed by atoms with Crippen LogP contribution in [0.1, 0.15) is 128 Å². The zero-order valence-corrected chi connectivity index (χ0v) is 80.6. The van der Waals surface area contributed by atoms with Crippen molar-refractivity contribution in [1.29, 1.82) is 0 Å². The molecular weight excluding hydrogens is 1970 g/mol. The molecule has 0 bridgehead atoms. The highest BCUT2D eigenvalue weighted by molar-refractivity contribution is 7.98. The number of rotatable bonds is 19. The Labute approximate surface area is 829 Å². The SMILES string of the molecule is CC1(c2ccc(Cc3nc(-c4c(F)cccc4F)nc4c3C(=O)NC4)cc2)COC1.CC1(c2ccc(N)cc2)COC1.COc1ccc(CN2Cc3nc(-c4c(F)cccc4F)nc(Cl)c3C2=O)c(O)c1.COc1ccc(CN2Cc3nc(-c4c(F)cccc4F)nc(SC)c3C2=O)c(OC)c1.CS(=O)(=O)c1nc(-c2c(F)cccc2F)nc2c1C(=O)NC2.CSc1nc(-c2c(F)cccc2F)nc2c1C(=O)NC2. The van der Waals surface area contributed by atoms with Crippen molar-refractivity contribution in [2.45, 2.75) is 92.0 Å². The van der Waals surface area contributed by atoms with Gasteiger partial charge in [-0.05, 0) is 126 Å².